The molecule has 1 rings (SSSR count). The highest BCUT2D eigenvalue weighted by molar-refractivity contribution is 5.84. The van der Waals surface area contributed by atoms with Gasteiger partial charge in [-0.05, 0) is 0 Å². The van der Waals surface area contributed by atoms with Crippen LogP contribution >= 0.6 is 0 Å². The maximum absolute atomic E-state index is 12.0. The lowest BCUT2D eigenvalue weighted by atomic mass is 10.5. The van der Waals surface area contributed by atoms with Gasteiger partial charge in [-0.2, -0.15) is 4.39 Å². The van der Waals surface area contributed by atoms with Gasteiger partial charge in [0.1, 0.15) is 0 Å². The Morgan fingerprint density at radius 1 is 1.50 bits per heavy atom. The van der Waals surface area contributed by atoms with Crippen molar-refractivity contribution in [3.05, 3.63) is 24.0 Å². The monoisotopic (exact) mass is 142 g/mol. The fourth-order valence-electron chi connectivity index (χ4n) is 0.423. The molecule has 1 heterocycles. The van der Waals surface area contributed by atoms with Gasteiger partial charge in [0, 0.05) is 0 Å². The molecule has 0 unspecified atom stereocenters. The first-order valence-electron chi connectivity index (χ1n) is 2.41. The summed E-state index contributed by atoms with van der Waals surface area (Å²) in [7, 11) is 0. The lowest BCUT2D eigenvalue weighted by molar-refractivity contribution is 0.0689. The zero-order chi connectivity index (χ0) is 7.56. The molecule has 5 heteroatoms. The van der Waals surface area contributed by atoms with E-state index in [1.54, 1.807) is 0 Å². The Bertz CT molecular complexity index is 246. The number of nitrogens with zero attached hydrogens (tertiary/aromatic N) is 2. The summed E-state index contributed by atoms with van der Waals surface area (Å²) in [5.41, 5.74) is -0.263. The molecule has 0 aliphatic carbocycles. The predicted octanol–water partition coefficient (Wildman–Crippen LogP) is 0.314. The first-order chi connectivity index (χ1) is 4.70. The molecule has 0 radical (unpaired) electrons. The van der Waals surface area contributed by atoms with Gasteiger partial charge in [0.15, 0.2) is 5.69 Å². The molecule has 0 spiro atoms. The minimum atomic E-state index is -1.22. The Morgan fingerprint density at radius 3 is 2.60 bits per heavy atom. The Kier molecular flexibility index (Phi) is 1.57. The molecular formula is C5H3FN2O2. The van der Waals surface area contributed by atoms with Crippen LogP contribution < -0.4 is 0 Å². The molecule has 4 nitrogen and oxygen atoms in total. The second-order valence-corrected chi connectivity index (χ2v) is 1.53. The third kappa shape index (κ3) is 1.25. The standard InChI is InChI=1S/C5H3FN2O2/c6-4-2-7-3(1-8-4)5(9)10/h1-2H,(H,9,10). The van der Waals surface area contributed by atoms with Crippen LogP contribution in [0.5, 0.6) is 0 Å². The summed E-state index contributed by atoms with van der Waals surface area (Å²) in [6, 6.07) is 0. The molecule has 1 aromatic rings. The second kappa shape index (κ2) is 2.38. The summed E-state index contributed by atoms with van der Waals surface area (Å²) in [5, 5.41) is 8.25. The van der Waals surface area contributed by atoms with E-state index < -0.39 is 11.9 Å². The van der Waals surface area contributed by atoms with Crippen molar-refractivity contribution in [2.24, 2.45) is 0 Å². The SMILES string of the molecule is O=C(O)c1cnc(F)cn1. The number of carboxylic acids is 1. The van der Waals surface area contributed by atoms with Crippen molar-refractivity contribution >= 4 is 5.97 Å². The van der Waals surface area contributed by atoms with Gasteiger partial charge in [-0.1, -0.05) is 0 Å². The van der Waals surface area contributed by atoms with E-state index in [9.17, 15) is 9.18 Å². The van der Waals surface area contributed by atoms with Crippen LogP contribution in [-0.2, 0) is 0 Å². The van der Waals surface area contributed by atoms with E-state index in [-0.39, 0.29) is 5.69 Å². The van der Waals surface area contributed by atoms with Crippen LogP contribution in [0.3, 0.4) is 0 Å². The molecule has 1 aromatic heterocycles. The van der Waals surface area contributed by atoms with Gasteiger partial charge < -0.3 is 5.11 Å². The molecule has 0 atom stereocenters. The van der Waals surface area contributed by atoms with E-state index >= 15 is 0 Å². The van der Waals surface area contributed by atoms with Crippen molar-refractivity contribution in [2.45, 2.75) is 0 Å². The summed E-state index contributed by atoms with van der Waals surface area (Å²) in [4.78, 5) is 16.4. The minimum absolute atomic E-state index is 0.263. The largest absolute Gasteiger partial charge is 0.476 e. The smallest absolute Gasteiger partial charge is 0.356 e. The number of carbonyl (C=O) groups is 1. The van der Waals surface area contributed by atoms with Gasteiger partial charge >= 0.3 is 5.97 Å². The van der Waals surface area contributed by atoms with Crippen LogP contribution in [0.25, 0.3) is 0 Å². The minimum Gasteiger partial charge on any atom is -0.476 e. The van der Waals surface area contributed by atoms with E-state index in [0.717, 1.165) is 12.4 Å². The van der Waals surface area contributed by atoms with Crippen molar-refractivity contribution in [2.75, 3.05) is 0 Å². The molecule has 10 heavy (non-hydrogen) atoms. The van der Waals surface area contributed by atoms with E-state index in [2.05, 4.69) is 9.97 Å². The van der Waals surface area contributed by atoms with E-state index in [0.29, 0.717) is 0 Å². The van der Waals surface area contributed by atoms with Gasteiger partial charge in [-0.3, -0.25) is 0 Å². The van der Waals surface area contributed by atoms with Crippen molar-refractivity contribution in [3.63, 3.8) is 0 Å². The third-order valence-corrected chi connectivity index (χ3v) is 0.839. The average Bonchev–Trinajstić information content (AvgIpc) is 1.88. The number of carboxylic acid groups (broad SMARTS) is 1. The fraction of sp³-hybridized carbons (Fsp3) is 0. The molecule has 0 saturated heterocycles. The van der Waals surface area contributed by atoms with Crippen LogP contribution in [0.2, 0.25) is 0 Å². The maximum Gasteiger partial charge on any atom is 0.356 e. The summed E-state index contributed by atoms with van der Waals surface area (Å²) < 4.78 is 12.0. The lowest BCUT2D eigenvalue weighted by Crippen LogP contribution is -2.01. The van der Waals surface area contributed by atoms with Crippen molar-refractivity contribution in [1.29, 1.82) is 0 Å². The number of hydrogen-bond donors (Lipinski definition) is 1. The van der Waals surface area contributed by atoms with Crippen LogP contribution in [0, 0.1) is 5.95 Å². The number of rotatable bonds is 1. The quantitative estimate of drug-likeness (QED) is 0.613. The first kappa shape index (κ1) is 6.60. The maximum atomic E-state index is 12.0. The van der Waals surface area contributed by atoms with Crippen molar-refractivity contribution in [3.8, 4) is 0 Å². The Balaban J connectivity index is 3.00. The van der Waals surface area contributed by atoms with Crippen LogP contribution in [-0.4, -0.2) is 21.0 Å². The summed E-state index contributed by atoms with van der Waals surface area (Å²) in [5.74, 6) is -2.00. The molecule has 0 aliphatic rings. The summed E-state index contributed by atoms with van der Waals surface area (Å²) in [6.07, 6.45) is 1.61. The molecule has 52 valence electrons. The number of aromatic nitrogens is 2. The van der Waals surface area contributed by atoms with Crippen LogP contribution in [0.15, 0.2) is 12.4 Å². The van der Waals surface area contributed by atoms with Gasteiger partial charge in [-0.25, -0.2) is 14.8 Å². The van der Waals surface area contributed by atoms with Crippen molar-refractivity contribution in [1.82, 2.24) is 9.97 Å². The van der Waals surface area contributed by atoms with E-state index in [4.69, 9.17) is 5.11 Å². The van der Waals surface area contributed by atoms with Gasteiger partial charge in [0.2, 0.25) is 5.95 Å². The molecule has 0 saturated carbocycles. The second-order valence-electron chi connectivity index (χ2n) is 1.53. The number of aromatic carboxylic acids is 1. The molecular weight excluding hydrogens is 139 g/mol. The molecule has 0 aliphatic heterocycles. The lowest BCUT2D eigenvalue weighted by Gasteiger charge is -1.89. The Labute approximate surface area is 55.4 Å². The normalized spacial score (nSPS) is 9.30. The summed E-state index contributed by atoms with van der Waals surface area (Å²) in [6.45, 7) is 0. The van der Waals surface area contributed by atoms with E-state index in [1.807, 2.05) is 0 Å². The molecule has 0 fully saturated rings. The highest BCUT2D eigenvalue weighted by Gasteiger charge is 2.03. The topological polar surface area (TPSA) is 63.1 Å². The summed E-state index contributed by atoms with van der Waals surface area (Å²) >= 11 is 0. The Hall–Kier alpha value is -1.52. The first-order valence-corrected chi connectivity index (χ1v) is 2.41. The molecule has 1 N–H and O–H groups in total. The zero-order valence-electron chi connectivity index (χ0n) is 4.78. The highest BCUT2D eigenvalue weighted by atomic mass is 19.1. The predicted molar refractivity (Wildman–Crippen MR) is 28.9 cm³/mol. The fourth-order valence-corrected chi connectivity index (χ4v) is 0.423. The highest BCUT2D eigenvalue weighted by Crippen LogP contribution is 1.92. The van der Waals surface area contributed by atoms with E-state index in [1.165, 1.54) is 0 Å². The van der Waals surface area contributed by atoms with Gasteiger partial charge in [-0.15, -0.1) is 0 Å². The van der Waals surface area contributed by atoms with Gasteiger partial charge in [0.25, 0.3) is 0 Å². The Morgan fingerprint density at radius 2 is 2.20 bits per heavy atom. The molecule has 0 bridgehead atoms. The van der Waals surface area contributed by atoms with Crippen LogP contribution in [0.4, 0.5) is 4.39 Å². The third-order valence-electron chi connectivity index (χ3n) is 0.839. The van der Waals surface area contributed by atoms with Gasteiger partial charge in [0.05, 0.1) is 12.4 Å². The van der Waals surface area contributed by atoms with Crippen LogP contribution in [0.1, 0.15) is 10.5 Å². The molecule has 0 amide bonds. The average molecular weight is 142 g/mol. The zero-order valence-corrected chi connectivity index (χ0v) is 4.78. The number of hydrogen-bond acceptors (Lipinski definition) is 3. The molecule has 0 aromatic carbocycles. The van der Waals surface area contributed by atoms with Crippen molar-refractivity contribution < 1.29 is 14.3 Å². The number of halogens is 1.